The molecule has 0 unspecified atom stereocenters. The molecule has 2 aliphatic rings. The molecule has 0 aliphatic carbocycles. The maximum absolute atomic E-state index is 13.1. The summed E-state index contributed by atoms with van der Waals surface area (Å²) in [7, 11) is 10.3. The second-order valence-electron chi connectivity index (χ2n) is 18.9. The van der Waals surface area contributed by atoms with Gasteiger partial charge in [0.15, 0.2) is 11.4 Å². The van der Waals surface area contributed by atoms with Crippen molar-refractivity contribution < 1.29 is 9.59 Å². The Balaban J connectivity index is 0.000000187. The van der Waals surface area contributed by atoms with E-state index in [1.165, 1.54) is 12.8 Å². The summed E-state index contributed by atoms with van der Waals surface area (Å²) >= 11 is 0. The first kappa shape index (κ1) is 51.1. The highest BCUT2D eigenvalue weighted by Crippen LogP contribution is 2.28. The Morgan fingerprint density at radius 1 is 0.542 bits per heavy atom. The molecule has 10 rings (SSSR count). The summed E-state index contributed by atoms with van der Waals surface area (Å²) in [6.45, 7) is 13.8. The number of H-pyrrole nitrogens is 2. The van der Waals surface area contributed by atoms with Gasteiger partial charge in [0.05, 0.1) is 46.2 Å². The molecule has 0 spiro atoms. The number of pyridine rings is 4. The lowest BCUT2D eigenvalue weighted by Crippen LogP contribution is -2.43. The number of likely N-dealkylation sites (N-methyl/N-ethyl adjacent to an activating group) is 1. The summed E-state index contributed by atoms with van der Waals surface area (Å²) in [6.07, 6.45) is 13.4. The fourth-order valence-corrected chi connectivity index (χ4v) is 8.90. The van der Waals surface area contributed by atoms with Crippen molar-refractivity contribution >= 4 is 45.0 Å². The molecule has 2 saturated heterocycles. The third-order valence-electron chi connectivity index (χ3n) is 12.5. The normalized spacial score (nSPS) is 14.3. The number of likely N-dealkylation sites (tertiary alicyclic amines) is 1. The van der Waals surface area contributed by atoms with Crippen LogP contribution in [0.2, 0.25) is 0 Å². The average Bonchev–Trinajstić information content (AvgIpc) is 4.17. The van der Waals surface area contributed by atoms with E-state index in [0.717, 1.165) is 132 Å². The van der Waals surface area contributed by atoms with Crippen LogP contribution in [-0.4, -0.2) is 151 Å². The first-order valence-electron chi connectivity index (χ1n) is 24.8. The van der Waals surface area contributed by atoms with Crippen molar-refractivity contribution in [2.45, 2.75) is 52.9 Å². The molecule has 2 fully saturated rings. The predicted octanol–water partition coefficient (Wildman–Crippen LogP) is 8.04. The highest BCUT2D eigenvalue weighted by atomic mass is 16.2. The summed E-state index contributed by atoms with van der Waals surface area (Å²) in [5.74, 6) is -0.538. The molecule has 2 aromatic carbocycles. The van der Waals surface area contributed by atoms with Gasteiger partial charge in [-0.1, -0.05) is 26.0 Å². The molecular weight excluding hydrogens is 903 g/mol. The van der Waals surface area contributed by atoms with E-state index in [1.807, 2.05) is 127 Å². The summed E-state index contributed by atoms with van der Waals surface area (Å²) in [6, 6.07) is 23.9. The summed E-state index contributed by atoms with van der Waals surface area (Å²) in [4.78, 5) is 55.4. The van der Waals surface area contributed by atoms with E-state index >= 15 is 0 Å². The summed E-state index contributed by atoms with van der Waals surface area (Å²) in [5.41, 5.74) is 11.9. The molecule has 8 aromatic rings. The van der Waals surface area contributed by atoms with Crippen molar-refractivity contribution in [1.29, 1.82) is 0 Å². The van der Waals surface area contributed by atoms with Gasteiger partial charge in [-0.25, -0.2) is 0 Å². The average molecular weight is 970 g/mol. The molecule has 0 radical (unpaired) electrons. The number of fused-ring (bicyclic) bond motifs is 2. The largest absolute Gasteiger partial charge is 0.319 e. The second-order valence-corrected chi connectivity index (χ2v) is 18.9. The zero-order chi connectivity index (χ0) is 50.6. The Kier molecular flexibility index (Phi) is 17.2. The maximum Gasteiger partial charge on any atom is 0.276 e. The predicted molar refractivity (Wildman–Crippen MR) is 286 cm³/mol. The maximum atomic E-state index is 13.1. The van der Waals surface area contributed by atoms with Gasteiger partial charge in [-0.05, 0) is 144 Å². The standard InChI is InChI=1S/C27H32N8O.C26H29N7O.C2H6/c1-33(2)17-19-12-21(15-28-14-19)20-4-7-25-24(13-20)26(32-31-25)27(36)30-22-5-6-23(29-16-22)18-35-10-8-34(3)9-11-35;1-32(2)16-18-11-20(14-27-13-18)19-5-8-24-23(12-19)25(31-30-24)26(34)29-21-6-7-22(28-15-21)17-33-9-3-4-10-33;1-2/h4-7,12-16H,8-11,17-18H2,1-3H3,(H,30,36)(H,31,32);5-8,11-15H,3-4,9-10,16-17H2,1-2H3,(H,29,34)(H,30,31);1-2H3. The lowest BCUT2D eigenvalue weighted by molar-refractivity contribution is 0.101. The number of hydrogen-bond donors (Lipinski definition) is 4. The Morgan fingerprint density at radius 3 is 1.40 bits per heavy atom. The van der Waals surface area contributed by atoms with E-state index in [9.17, 15) is 9.59 Å². The Morgan fingerprint density at radius 2 is 0.986 bits per heavy atom. The number of anilines is 2. The molecule has 17 nitrogen and oxygen atoms in total. The highest BCUT2D eigenvalue weighted by molar-refractivity contribution is 6.12. The van der Waals surface area contributed by atoms with E-state index in [0.29, 0.717) is 22.8 Å². The first-order chi connectivity index (χ1) is 35.0. The number of nitrogens with one attached hydrogen (secondary N) is 4. The monoisotopic (exact) mass is 970 g/mol. The van der Waals surface area contributed by atoms with E-state index in [4.69, 9.17) is 0 Å². The molecule has 2 aliphatic heterocycles. The minimum atomic E-state index is -0.272. The van der Waals surface area contributed by atoms with Crippen LogP contribution in [0.25, 0.3) is 44.1 Å². The van der Waals surface area contributed by atoms with Crippen LogP contribution >= 0.6 is 0 Å². The summed E-state index contributed by atoms with van der Waals surface area (Å²) < 4.78 is 0. The number of carbonyl (C=O) groups excluding carboxylic acids is 2. The SMILES string of the molecule is CC.CN(C)Cc1cncc(-c2ccc3[nH]nc(C(=O)Nc4ccc(CN5CCCC5)nc4)c3c2)c1.CN(C)Cc1cncc(-c2ccc3[nH]nc(C(=O)Nc4ccc(CN5CCN(C)CC5)nc4)c3c2)c1. The Hall–Kier alpha value is -7.28. The zero-order valence-electron chi connectivity index (χ0n) is 42.6. The molecule has 6 aromatic heterocycles. The van der Waals surface area contributed by atoms with Crippen LogP contribution in [0.5, 0.6) is 0 Å². The quantitative estimate of drug-likeness (QED) is 0.0823. The van der Waals surface area contributed by atoms with Crippen molar-refractivity contribution in [3.05, 3.63) is 144 Å². The van der Waals surface area contributed by atoms with E-state index < -0.39 is 0 Å². The topological polar surface area (TPSA) is 183 Å². The molecule has 4 N–H and O–H groups in total. The number of aromatic nitrogens is 8. The number of amides is 2. The van der Waals surface area contributed by atoms with Gasteiger partial charge < -0.3 is 25.3 Å². The molecule has 0 bridgehead atoms. The van der Waals surface area contributed by atoms with Crippen molar-refractivity contribution in [2.75, 3.05) is 85.1 Å². The molecule has 17 heteroatoms. The van der Waals surface area contributed by atoms with Crippen LogP contribution in [0.4, 0.5) is 11.4 Å². The lowest BCUT2D eigenvalue weighted by atomic mass is 10.0. The van der Waals surface area contributed by atoms with Crippen LogP contribution in [-0.2, 0) is 26.2 Å². The number of benzene rings is 2. The smallest absolute Gasteiger partial charge is 0.276 e. The van der Waals surface area contributed by atoms with Gasteiger partial charge in [0, 0.05) is 99.0 Å². The van der Waals surface area contributed by atoms with Crippen molar-refractivity contribution in [3.63, 3.8) is 0 Å². The Labute approximate surface area is 422 Å². The Bertz CT molecular complexity index is 3040. The van der Waals surface area contributed by atoms with Gasteiger partial charge in [0.2, 0.25) is 0 Å². The number of carbonyl (C=O) groups is 2. The third-order valence-corrected chi connectivity index (χ3v) is 12.5. The van der Waals surface area contributed by atoms with Crippen LogP contribution in [0.15, 0.2) is 110 Å². The number of piperazine rings is 1. The number of rotatable bonds is 14. The van der Waals surface area contributed by atoms with Gasteiger partial charge in [0.25, 0.3) is 11.8 Å². The highest BCUT2D eigenvalue weighted by Gasteiger charge is 2.19. The molecule has 374 valence electrons. The van der Waals surface area contributed by atoms with Gasteiger partial charge in [-0.15, -0.1) is 0 Å². The second kappa shape index (κ2) is 24.2. The molecule has 8 heterocycles. The zero-order valence-corrected chi connectivity index (χ0v) is 42.6. The van der Waals surface area contributed by atoms with E-state index in [2.05, 4.69) is 94.6 Å². The summed E-state index contributed by atoms with van der Waals surface area (Å²) in [5, 5.41) is 21.9. The minimum absolute atomic E-state index is 0.267. The van der Waals surface area contributed by atoms with Gasteiger partial charge in [0.1, 0.15) is 0 Å². The van der Waals surface area contributed by atoms with Crippen LogP contribution in [0, 0.1) is 0 Å². The first-order valence-corrected chi connectivity index (χ1v) is 24.8. The van der Waals surface area contributed by atoms with Crippen molar-refractivity contribution in [2.24, 2.45) is 0 Å². The fraction of sp³-hybridized carbons (Fsp3) is 0.345. The molecule has 0 atom stereocenters. The molecule has 0 saturated carbocycles. The molecule has 2 amide bonds. The molecular formula is C55H67N15O2. The van der Waals surface area contributed by atoms with Crippen LogP contribution in [0.3, 0.4) is 0 Å². The number of hydrogen-bond acceptors (Lipinski definition) is 13. The van der Waals surface area contributed by atoms with E-state index in [1.54, 1.807) is 12.4 Å². The fourth-order valence-electron chi connectivity index (χ4n) is 8.90. The van der Waals surface area contributed by atoms with Gasteiger partial charge in [-0.3, -0.25) is 49.5 Å². The van der Waals surface area contributed by atoms with E-state index in [-0.39, 0.29) is 11.8 Å². The van der Waals surface area contributed by atoms with Gasteiger partial charge >= 0.3 is 0 Å². The van der Waals surface area contributed by atoms with Crippen LogP contribution < -0.4 is 10.6 Å². The van der Waals surface area contributed by atoms with Gasteiger partial charge in [-0.2, -0.15) is 10.2 Å². The molecule has 72 heavy (non-hydrogen) atoms. The number of aromatic amines is 2. The van der Waals surface area contributed by atoms with Crippen LogP contribution in [0.1, 0.15) is 70.2 Å². The van der Waals surface area contributed by atoms with Crippen molar-refractivity contribution in [1.82, 2.24) is 64.8 Å². The lowest BCUT2D eigenvalue weighted by Gasteiger charge is -2.32. The third kappa shape index (κ3) is 13.4. The minimum Gasteiger partial charge on any atom is -0.319 e. The van der Waals surface area contributed by atoms with Crippen molar-refractivity contribution in [3.8, 4) is 22.3 Å². The number of nitrogens with zero attached hydrogens (tertiary/aromatic N) is 11.